The third kappa shape index (κ3) is 3.69. The number of fused-ring (bicyclic) bond motifs is 1. The molecule has 0 bridgehead atoms. The third-order valence-electron chi connectivity index (χ3n) is 4.59. The molecule has 3 heterocycles. The number of benzene rings is 1. The van der Waals surface area contributed by atoms with Crippen molar-refractivity contribution < 1.29 is 9.64 Å². The maximum Gasteiger partial charge on any atom is 0.269 e. The molecular weight excluding hydrogens is 370 g/mol. The van der Waals surface area contributed by atoms with Crippen molar-refractivity contribution in [2.45, 2.75) is 32.6 Å². The molecule has 2 aromatic heterocycles. The first-order valence-corrected chi connectivity index (χ1v) is 9.95. The van der Waals surface area contributed by atoms with Crippen LogP contribution in [0.1, 0.15) is 19.7 Å². The van der Waals surface area contributed by atoms with Gasteiger partial charge in [-0.05, 0) is 37.6 Å². The Labute approximate surface area is 160 Å². The Hall–Kier alpha value is -1.73. The van der Waals surface area contributed by atoms with E-state index in [0.29, 0.717) is 16.3 Å². The van der Waals surface area contributed by atoms with Crippen molar-refractivity contribution in [3.63, 3.8) is 0 Å². The van der Waals surface area contributed by atoms with Crippen LogP contribution in [0.25, 0.3) is 20.7 Å². The van der Waals surface area contributed by atoms with Gasteiger partial charge in [0.1, 0.15) is 36.5 Å². The van der Waals surface area contributed by atoms with E-state index in [1.807, 2.05) is 30.3 Å². The van der Waals surface area contributed by atoms with Crippen LogP contribution in [0.5, 0.6) is 0 Å². The van der Waals surface area contributed by atoms with Gasteiger partial charge in [-0.1, -0.05) is 23.7 Å². The highest BCUT2D eigenvalue weighted by atomic mass is 35.5. The Kier molecular flexibility index (Phi) is 4.84. The van der Waals surface area contributed by atoms with E-state index in [9.17, 15) is 4.79 Å². The minimum atomic E-state index is -0.0658. The van der Waals surface area contributed by atoms with Crippen molar-refractivity contribution in [2.24, 2.45) is 0 Å². The molecule has 1 aliphatic heterocycles. The van der Waals surface area contributed by atoms with Gasteiger partial charge in [0, 0.05) is 9.90 Å². The van der Waals surface area contributed by atoms with Gasteiger partial charge in [-0.25, -0.2) is 4.98 Å². The van der Waals surface area contributed by atoms with Gasteiger partial charge in [0.25, 0.3) is 5.56 Å². The van der Waals surface area contributed by atoms with E-state index in [2.05, 4.69) is 18.8 Å². The lowest BCUT2D eigenvalue weighted by atomic mass is 10.2. The number of rotatable bonds is 3. The van der Waals surface area contributed by atoms with Crippen molar-refractivity contribution in [3.05, 3.63) is 51.5 Å². The molecule has 0 saturated carbocycles. The zero-order chi connectivity index (χ0) is 18.3. The summed E-state index contributed by atoms with van der Waals surface area (Å²) in [6, 6.07) is 9.62. The molecule has 1 aromatic carbocycles. The van der Waals surface area contributed by atoms with E-state index in [1.165, 1.54) is 16.2 Å². The molecule has 136 valence electrons. The van der Waals surface area contributed by atoms with Crippen LogP contribution in [0.3, 0.4) is 0 Å². The third-order valence-corrected chi connectivity index (χ3v) is 6.02. The number of nitrogens with zero attached hydrogens (tertiary/aromatic N) is 1. The van der Waals surface area contributed by atoms with E-state index in [1.54, 1.807) is 0 Å². The van der Waals surface area contributed by atoms with Crippen LogP contribution < -0.4 is 10.5 Å². The summed E-state index contributed by atoms with van der Waals surface area (Å²) in [4.78, 5) is 22.6. The SMILES string of the molecule is C[C@@H]1C[NH+](Cc2nc3cc(-c4ccc(Cl)cc4)sc3c(=O)[nH]2)C[C@H](C)O1. The van der Waals surface area contributed by atoms with Gasteiger partial charge in [-0.15, -0.1) is 11.3 Å². The molecule has 0 radical (unpaired) electrons. The lowest BCUT2D eigenvalue weighted by Gasteiger charge is -2.32. The molecular formula is C19H21ClN3O2S+. The summed E-state index contributed by atoms with van der Waals surface area (Å²) >= 11 is 7.42. The predicted octanol–water partition coefficient (Wildman–Crippen LogP) is 2.50. The molecule has 0 aliphatic carbocycles. The van der Waals surface area contributed by atoms with Crippen LogP contribution in [0, 0.1) is 0 Å². The second-order valence-electron chi connectivity index (χ2n) is 6.94. The van der Waals surface area contributed by atoms with Crippen molar-refractivity contribution in [3.8, 4) is 10.4 Å². The summed E-state index contributed by atoms with van der Waals surface area (Å²) in [5.41, 5.74) is 1.73. The van der Waals surface area contributed by atoms with Gasteiger partial charge >= 0.3 is 0 Å². The Morgan fingerprint density at radius 1 is 1.27 bits per heavy atom. The number of halogens is 1. The number of ether oxygens (including phenoxy) is 1. The van der Waals surface area contributed by atoms with Gasteiger partial charge in [-0.3, -0.25) is 4.79 Å². The van der Waals surface area contributed by atoms with Gasteiger partial charge in [0.2, 0.25) is 0 Å². The highest BCUT2D eigenvalue weighted by Gasteiger charge is 2.26. The Balaban J connectivity index is 1.64. The molecule has 1 unspecified atom stereocenters. The number of hydrogen-bond donors (Lipinski definition) is 2. The van der Waals surface area contributed by atoms with Gasteiger partial charge in [-0.2, -0.15) is 0 Å². The monoisotopic (exact) mass is 390 g/mol. The van der Waals surface area contributed by atoms with Crippen LogP contribution in [-0.4, -0.2) is 35.3 Å². The van der Waals surface area contributed by atoms with Crippen molar-refractivity contribution in [1.29, 1.82) is 0 Å². The summed E-state index contributed by atoms with van der Waals surface area (Å²) in [5.74, 6) is 0.735. The number of quaternary nitrogens is 1. The molecule has 3 aromatic rings. The fraction of sp³-hybridized carbons (Fsp3) is 0.368. The van der Waals surface area contributed by atoms with E-state index >= 15 is 0 Å². The average Bonchev–Trinajstić information content (AvgIpc) is 2.99. The molecule has 1 saturated heterocycles. The summed E-state index contributed by atoms with van der Waals surface area (Å²) in [7, 11) is 0. The van der Waals surface area contributed by atoms with Crippen molar-refractivity contribution in [1.82, 2.24) is 9.97 Å². The van der Waals surface area contributed by atoms with E-state index in [4.69, 9.17) is 21.3 Å². The fourth-order valence-electron chi connectivity index (χ4n) is 3.60. The standard InChI is InChI=1S/C19H20ClN3O2S/c1-11-8-23(9-12(2)25-11)10-17-21-15-7-16(26-18(15)19(24)22-17)13-3-5-14(20)6-4-13/h3-7,11-12H,8-10H2,1-2H3,(H,21,22,24)/p+1/t11-,12+. The van der Waals surface area contributed by atoms with Crippen LogP contribution in [0.15, 0.2) is 35.1 Å². The lowest BCUT2D eigenvalue weighted by molar-refractivity contribution is -0.928. The summed E-state index contributed by atoms with van der Waals surface area (Å²) in [5, 5.41) is 0.699. The second kappa shape index (κ2) is 7.12. The number of aromatic amines is 1. The highest BCUT2D eigenvalue weighted by Crippen LogP contribution is 2.31. The first kappa shape index (κ1) is 17.7. The first-order valence-electron chi connectivity index (χ1n) is 8.75. The highest BCUT2D eigenvalue weighted by molar-refractivity contribution is 7.22. The molecule has 26 heavy (non-hydrogen) atoms. The predicted molar refractivity (Wildman–Crippen MR) is 105 cm³/mol. The number of hydrogen-bond acceptors (Lipinski definition) is 4. The summed E-state index contributed by atoms with van der Waals surface area (Å²) in [6.45, 7) is 6.73. The zero-order valence-electron chi connectivity index (χ0n) is 14.7. The first-order chi connectivity index (χ1) is 12.5. The number of H-pyrrole nitrogens is 1. The normalized spacial score (nSPS) is 23.4. The molecule has 4 rings (SSSR count). The lowest BCUT2D eigenvalue weighted by Crippen LogP contribution is -3.14. The van der Waals surface area contributed by atoms with Crippen molar-refractivity contribution in [2.75, 3.05) is 13.1 Å². The maximum atomic E-state index is 12.5. The maximum absolute atomic E-state index is 12.5. The quantitative estimate of drug-likeness (QED) is 0.722. The molecule has 0 spiro atoms. The minimum absolute atomic E-state index is 0.0658. The number of nitrogens with one attached hydrogen (secondary N) is 2. The molecule has 2 N–H and O–H groups in total. The van der Waals surface area contributed by atoms with Crippen LogP contribution in [-0.2, 0) is 11.3 Å². The summed E-state index contributed by atoms with van der Waals surface area (Å²) < 4.78 is 6.45. The molecule has 0 amide bonds. The molecule has 1 aliphatic rings. The largest absolute Gasteiger partial charge is 0.364 e. The molecule has 7 heteroatoms. The van der Waals surface area contributed by atoms with Gasteiger partial charge in [0.15, 0.2) is 5.82 Å². The zero-order valence-corrected chi connectivity index (χ0v) is 16.3. The van der Waals surface area contributed by atoms with Gasteiger partial charge < -0.3 is 14.6 Å². The summed E-state index contributed by atoms with van der Waals surface area (Å²) in [6.07, 6.45) is 0.448. The second-order valence-corrected chi connectivity index (χ2v) is 8.43. The van der Waals surface area contributed by atoms with Crippen LogP contribution >= 0.6 is 22.9 Å². The smallest absolute Gasteiger partial charge is 0.269 e. The van der Waals surface area contributed by atoms with E-state index in [0.717, 1.165) is 34.9 Å². The van der Waals surface area contributed by atoms with Crippen LogP contribution in [0.4, 0.5) is 0 Å². The minimum Gasteiger partial charge on any atom is -0.364 e. The average molecular weight is 391 g/mol. The molecule has 1 fully saturated rings. The van der Waals surface area contributed by atoms with E-state index < -0.39 is 0 Å². The number of aromatic nitrogens is 2. The van der Waals surface area contributed by atoms with E-state index in [-0.39, 0.29) is 17.8 Å². The topological polar surface area (TPSA) is 59.4 Å². The molecule has 3 atom stereocenters. The number of morpholine rings is 1. The Bertz CT molecular complexity index is 973. The van der Waals surface area contributed by atoms with Crippen LogP contribution in [0.2, 0.25) is 5.02 Å². The Morgan fingerprint density at radius 2 is 1.96 bits per heavy atom. The van der Waals surface area contributed by atoms with Gasteiger partial charge in [0.05, 0.1) is 5.52 Å². The number of thiophene rings is 1. The fourth-order valence-corrected chi connectivity index (χ4v) is 4.72. The Morgan fingerprint density at radius 3 is 2.65 bits per heavy atom. The van der Waals surface area contributed by atoms with Crippen molar-refractivity contribution >= 4 is 33.2 Å². The molecule has 5 nitrogen and oxygen atoms in total.